The second kappa shape index (κ2) is 7.34. The molecule has 130 valence electrons. The molecule has 1 N–H and O–H groups in total. The van der Waals surface area contributed by atoms with Gasteiger partial charge in [-0.3, -0.25) is 0 Å². The molecule has 0 amide bonds. The van der Waals surface area contributed by atoms with E-state index in [2.05, 4.69) is 24.1 Å². The summed E-state index contributed by atoms with van der Waals surface area (Å²) in [6.45, 7) is 8.26. The average Bonchev–Trinajstić information content (AvgIpc) is 3.12. The van der Waals surface area contributed by atoms with Crippen molar-refractivity contribution < 1.29 is 4.74 Å². The van der Waals surface area contributed by atoms with Crippen molar-refractivity contribution in [3.63, 3.8) is 0 Å². The highest BCUT2D eigenvalue weighted by atomic mass is 16.5. The van der Waals surface area contributed by atoms with Crippen LogP contribution in [0.5, 0.6) is 0 Å². The zero-order chi connectivity index (χ0) is 17.0. The van der Waals surface area contributed by atoms with Gasteiger partial charge in [0, 0.05) is 33.4 Å². The van der Waals surface area contributed by atoms with Gasteiger partial charge in [0.1, 0.15) is 0 Å². The van der Waals surface area contributed by atoms with Crippen molar-refractivity contribution in [2.45, 2.75) is 33.1 Å². The van der Waals surface area contributed by atoms with Gasteiger partial charge in [0.25, 0.3) is 0 Å². The first kappa shape index (κ1) is 17.0. The highest BCUT2D eigenvalue weighted by Gasteiger charge is 2.22. The molecule has 3 rings (SSSR count). The molecule has 1 aliphatic heterocycles. The van der Waals surface area contributed by atoms with E-state index in [4.69, 9.17) is 14.7 Å². The third-order valence-electron chi connectivity index (χ3n) is 4.68. The Bertz CT molecular complexity index is 680. The lowest BCUT2D eigenvalue weighted by atomic mass is 9.90. The number of aromatic nitrogens is 2. The lowest BCUT2D eigenvalue weighted by Crippen LogP contribution is -2.27. The summed E-state index contributed by atoms with van der Waals surface area (Å²) in [6, 6.07) is 8.09. The number of fused-ring (bicyclic) bond motifs is 1. The first-order valence-corrected chi connectivity index (χ1v) is 8.84. The molecule has 0 spiro atoms. The van der Waals surface area contributed by atoms with E-state index in [0.29, 0.717) is 0 Å². The summed E-state index contributed by atoms with van der Waals surface area (Å²) < 4.78 is 5.23. The largest absolute Gasteiger partial charge is 0.385 e. The molecule has 5 nitrogen and oxygen atoms in total. The van der Waals surface area contributed by atoms with E-state index >= 15 is 0 Å². The fourth-order valence-corrected chi connectivity index (χ4v) is 3.05. The predicted octanol–water partition coefficient (Wildman–Crippen LogP) is 3.70. The lowest BCUT2D eigenvalue weighted by Gasteiger charge is -2.27. The number of hydrogen-bond acceptors (Lipinski definition) is 5. The molecule has 1 aliphatic rings. The van der Waals surface area contributed by atoms with Crippen LogP contribution in [0.3, 0.4) is 0 Å². The summed E-state index contributed by atoms with van der Waals surface area (Å²) in [6.07, 6.45) is 3.47. The van der Waals surface area contributed by atoms with E-state index in [-0.39, 0.29) is 5.41 Å². The topological polar surface area (TPSA) is 50.3 Å². The van der Waals surface area contributed by atoms with Crippen molar-refractivity contribution in [1.82, 2.24) is 9.97 Å². The fourth-order valence-electron chi connectivity index (χ4n) is 3.05. The molecule has 2 aromatic rings. The number of ether oxygens (including phenoxy) is 1. The first-order valence-electron chi connectivity index (χ1n) is 8.84. The molecule has 5 heteroatoms. The van der Waals surface area contributed by atoms with Crippen LogP contribution in [-0.2, 0) is 4.74 Å². The Labute approximate surface area is 144 Å². The molecule has 1 aromatic heterocycles. The quantitative estimate of drug-likeness (QED) is 0.840. The summed E-state index contributed by atoms with van der Waals surface area (Å²) in [4.78, 5) is 12.1. The molecular formula is C19H28N4O. The minimum absolute atomic E-state index is 0.144. The van der Waals surface area contributed by atoms with Gasteiger partial charge >= 0.3 is 0 Å². The molecule has 0 saturated carbocycles. The van der Waals surface area contributed by atoms with Gasteiger partial charge in [-0.1, -0.05) is 26.0 Å². The van der Waals surface area contributed by atoms with Crippen LogP contribution in [0.15, 0.2) is 24.3 Å². The maximum Gasteiger partial charge on any atom is 0.172 e. The Morgan fingerprint density at radius 2 is 1.79 bits per heavy atom. The Morgan fingerprint density at radius 3 is 2.46 bits per heavy atom. The summed E-state index contributed by atoms with van der Waals surface area (Å²) in [5.74, 6) is 1.90. The molecule has 1 fully saturated rings. The molecule has 0 radical (unpaired) electrons. The van der Waals surface area contributed by atoms with Crippen LogP contribution in [0.1, 0.15) is 33.1 Å². The standard InChI is InChI=1S/C19H28N4O/c1-19(2,10-13-24-3)14-20-17-18(23-11-6-7-12-23)22-16-9-5-4-8-15(16)21-17/h4-5,8-9H,6-7,10-14H2,1-3H3,(H,20,21). The van der Waals surface area contributed by atoms with Crippen molar-refractivity contribution in [3.05, 3.63) is 24.3 Å². The molecule has 2 heterocycles. The minimum atomic E-state index is 0.144. The molecule has 0 atom stereocenters. The zero-order valence-electron chi connectivity index (χ0n) is 15.0. The van der Waals surface area contributed by atoms with E-state index in [1.54, 1.807) is 7.11 Å². The van der Waals surface area contributed by atoms with Crippen LogP contribution in [0, 0.1) is 5.41 Å². The summed E-state index contributed by atoms with van der Waals surface area (Å²) in [7, 11) is 1.75. The molecule has 1 aromatic carbocycles. The maximum atomic E-state index is 5.23. The number of nitrogens with zero attached hydrogens (tertiary/aromatic N) is 3. The van der Waals surface area contributed by atoms with Crippen LogP contribution < -0.4 is 10.2 Å². The van der Waals surface area contributed by atoms with Crippen LogP contribution in [0.4, 0.5) is 11.6 Å². The van der Waals surface area contributed by atoms with Gasteiger partial charge < -0.3 is 15.0 Å². The SMILES string of the molecule is COCCC(C)(C)CNc1nc2ccccc2nc1N1CCCC1. The third-order valence-corrected chi connectivity index (χ3v) is 4.68. The molecular weight excluding hydrogens is 300 g/mol. The normalized spacial score (nSPS) is 15.2. The van der Waals surface area contributed by atoms with Crippen molar-refractivity contribution >= 4 is 22.7 Å². The van der Waals surface area contributed by atoms with E-state index in [1.807, 2.05) is 24.3 Å². The smallest absolute Gasteiger partial charge is 0.172 e. The predicted molar refractivity (Wildman–Crippen MR) is 99.7 cm³/mol. The number of nitrogens with one attached hydrogen (secondary N) is 1. The monoisotopic (exact) mass is 328 g/mol. The number of hydrogen-bond donors (Lipinski definition) is 1. The second-order valence-electron chi connectivity index (χ2n) is 7.34. The average molecular weight is 328 g/mol. The van der Waals surface area contributed by atoms with Gasteiger partial charge in [-0.25, -0.2) is 9.97 Å². The summed E-state index contributed by atoms with van der Waals surface area (Å²) >= 11 is 0. The molecule has 0 unspecified atom stereocenters. The van der Waals surface area contributed by atoms with Gasteiger partial charge in [0.15, 0.2) is 11.6 Å². The van der Waals surface area contributed by atoms with Gasteiger partial charge in [0.2, 0.25) is 0 Å². The Morgan fingerprint density at radius 1 is 1.12 bits per heavy atom. The number of methoxy groups -OCH3 is 1. The Kier molecular flexibility index (Phi) is 5.19. The van der Waals surface area contributed by atoms with E-state index in [9.17, 15) is 0 Å². The highest BCUT2D eigenvalue weighted by Crippen LogP contribution is 2.29. The van der Waals surface area contributed by atoms with Crippen LogP contribution in [-0.4, -0.2) is 43.3 Å². The van der Waals surface area contributed by atoms with Crippen LogP contribution in [0.2, 0.25) is 0 Å². The number of rotatable bonds is 7. The molecule has 1 saturated heterocycles. The van der Waals surface area contributed by atoms with Crippen molar-refractivity contribution in [3.8, 4) is 0 Å². The highest BCUT2D eigenvalue weighted by molar-refractivity contribution is 5.80. The van der Waals surface area contributed by atoms with Crippen LogP contribution >= 0.6 is 0 Å². The molecule has 0 aliphatic carbocycles. The van der Waals surface area contributed by atoms with E-state index in [1.165, 1.54) is 12.8 Å². The number of para-hydroxylation sites is 2. The molecule has 0 bridgehead atoms. The number of benzene rings is 1. The molecule has 24 heavy (non-hydrogen) atoms. The summed E-state index contributed by atoms with van der Waals surface area (Å²) in [5.41, 5.74) is 2.05. The van der Waals surface area contributed by atoms with Gasteiger partial charge in [-0.05, 0) is 36.8 Å². The van der Waals surface area contributed by atoms with Crippen molar-refractivity contribution in [2.24, 2.45) is 5.41 Å². The zero-order valence-corrected chi connectivity index (χ0v) is 15.0. The van der Waals surface area contributed by atoms with Gasteiger partial charge in [-0.15, -0.1) is 0 Å². The first-order chi connectivity index (χ1) is 11.6. The minimum Gasteiger partial charge on any atom is -0.385 e. The Balaban J connectivity index is 1.85. The Hall–Kier alpha value is -1.88. The lowest BCUT2D eigenvalue weighted by molar-refractivity contribution is 0.157. The van der Waals surface area contributed by atoms with E-state index in [0.717, 1.165) is 55.3 Å². The van der Waals surface area contributed by atoms with Gasteiger partial charge in [0.05, 0.1) is 11.0 Å². The fraction of sp³-hybridized carbons (Fsp3) is 0.579. The van der Waals surface area contributed by atoms with E-state index < -0.39 is 0 Å². The van der Waals surface area contributed by atoms with Crippen LogP contribution in [0.25, 0.3) is 11.0 Å². The second-order valence-corrected chi connectivity index (χ2v) is 7.34. The number of anilines is 2. The maximum absolute atomic E-state index is 5.23. The summed E-state index contributed by atoms with van der Waals surface area (Å²) in [5, 5.41) is 3.56. The van der Waals surface area contributed by atoms with Crippen molar-refractivity contribution in [2.75, 3.05) is 43.6 Å². The van der Waals surface area contributed by atoms with Gasteiger partial charge in [-0.2, -0.15) is 0 Å². The van der Waals surface area contributed by atoms with Crippen molar-refractivity contribution in [1.29, 1.82) is 0 Å². The third kappa shape index (κ3) is 3.96.